The lowest BCUT2D eigenvalue weighted by Gasteiger charge is -2.27. The third kappa shape index (κ3) is 4.76. The summed E-state index contributed by atoms with van der Waals surface area (Å²) in [5, 5.41) is 20.0. The maximum Gasteiger partial charge on any atom is 0.316 e. The average molecular weight is 395 g/mol. The van der Waals surface area contributed by atoms with Crippen LogP contribution in [0.2, 0.25) is 0 Å². The summed E-state index contributed by atoms with van der Waals surface area (Å²) in [6.45, 7) is 12.5. The zero-order valence-electron chi connectivity index (χ0n) is 16.3. The fourth-order valence-electron chi connectivity index (χ4n) is 2.47. The van der Waals surface area contributed by atoms with E-state index in [1.165, 1.54) is 30.2 Å². The van der Waals surface area contributed by atoms with Crippen molar-refractivity contribution in [2.75, 3.05) is 12.9 Å². The van der Waals surface area contributed by atoms with Crippen molar-refractivity contribution in [1.29, 1.82) is 0 Å². The summed E-state index contributed by atoms with van der Waals surface area (Å²) in [7, 11) is 1.37. The summed E-state index contributed by atoms with van der Waals surface area (Å²) in [4.78, 5) is 11.3. The molecule has 0 bridgehead atoms. The van der Waals surface area contributed by atoms with E-state index in [-0.39, 0.29) is 22.6 Å². The molecule has 0 saturated heterocycles. The van der Waals surface area contributed by atoms with Crippen molar-refractivity contribution in [3.63, 3.8) is 0 Å². The Morgan fingerprint density at radius 3 is 2.12 bits per heavy atom. The number of aromatic nitrogens is 2. The van der Waals surface area contributed by atoms with Crippen LogP contribution < -0.4 is 0 Å². The molecule has 7 heteroatoms. The molecule has 0 saturated carbocycles. The molecule has 2 rings (SSSR count). The van der Waals surface area contributed by atoms with Crippen molar-refractivity contribution in [3.8, 4) is 16.3 Å². The first kappa shape index (κ1) is 20.7. The number of hydrogen-bond donors (Lipinski definition) is 1. The number of esters is 1. The predicted octanol–water partition coefficient (Wildman–Crippen LogP) is 4.77. The summed E-state index contributed by atoms with van der Waals surface area (Å²) < 4.78 is 5.37. The number of benzene rings is 1. The van der Waals surface area contributed by atoms with E-state index in [1.54, 1.807) is 0 Å². The van der Waals surface area contributed by atoms with Gasteiger partial charge in [-0.25, -0.2) is 0 Å². The molecule has 1 aromatic heterocycles. The quantitative estimate of drug-likeness (QED) is 0.595. The molecule has 0 amide bonds. The van der Waals surface area contributed by atoms with Gasteiger partial charge >= 0.3 is 5.97 Å². The van der Waals surface area contributed by atoms with Gasteiger partial charge in [-0.05, 0) is 23.0 Å². The molecule has 0 radical (unpaired) electrons. The van der Waals surface area contributed by atoms with E-state index >= 15 is 0 Å². The van der Waals surface area contributed by atoms with E-state index in [4.69, 9.17) is 0 Å². The number of phenols is 1. The van der Waals surface area contributed by atoms with Gasteiger partial charge in [-0.3, -0.25) is 4.79 Å². The molecule has 0 atom stereocenters. The van der Waals surface area contributed by atoms with Crippen LogP contribution in [0.1, 0.15) is 52.7 Å². The number of aromatic hydroxyl groups is 1. The summed E-state index contributed by atoms with van der Waals surface area (Å²) in [5.41, 5.74) is 2.30. The van der Waals surface area contributed by atoms with Gasteiger partial charge in [0.25, 0.3) is 0 Å². The second kappa shape index (κ2) is 7.56. The zero-order chi connectivity index (χ0) is 19.7. The molecule has 1 N–H and O–H groups in total. The number of ether oxygens (including phenoxy) is 1. The number of rotatable bonds is 4. The van der Waals surface area contributed by atoms with Crippen LogP contribution >= 0.6 is 23.1 Å². The highest BCUT2D eigenvalue weighted by Gasteiger charge is 2.27. The highest BCUT2D eigenvalue weighted by molar-refractivity contribution is 8.01. The van der Waals surface area contributed by atoms with Gasteiger partial charge in [0.15, 0.2) is 4.34 Å². The summed E-state index contributed by atoms with van der Waals surface area (Å²) in [6.07, 6.45) is 0. The van der Waals surface area contributed by atoms with E-state index in [2.05, 4.69) is 56.5 Å². The number of methoxy groups -OCH3 is 1. The number of carbonyl (C=O) groups excluding carboxylic acids is 1. The molecular formula is C19H26N2O3S2. The van der Waals surface area contributed by atoms with Crippen molar-refractivity contribution in [2.45, 2.75) is 56.7 Å². The third-order valence-electron chi connectivity index (χ3n) is 3.92. The van der Waals surface area contributed by atoms with E-state index in [9.17, 15) is 9.90 Å². The Morgan fingerprint density at radius 1 is 1.12 bits per heavy atom. The largest absolute Gasteiger partial charge is 0.507 e. The minimum absolute atomic E-state index is 0.201. The molecule has 2 aromatic rings. The smallest absolute Gasteiger partial charge is 0.316 e. The van der Waals surface area contributed by atoms with E-state index in [1.807, 2.05) is 12.1 Å². The number of carbonyl (C=O) groups is 1. The molecule has 0 aliphatic rings. The maximum atomic E-state index is 11.3. The molecule has 1 aromatic carbocycles. The molecule has 0 aliphatic carbocycles. The van der Waals surface area contributed by atoms with Gasteiger partial charge in [0, 0.05) is 16.7 Å². The second-order valence-corrected chi connectivity index (χ2v) is 10.4. The molecule has 1 heterocycles. The topological polar surface area (TPSA) is 72.3 Å². The van der Waals surface area contributed by atoms with Gasteiger partial charge in [-0.1, -0.05) is 64.6 Å². The van der Waals surface area contributed by atoms with E-state index in [0.717, 1.165) is 21.7 Å². The zero-order valence-corrected chi connectivity index (χ0v) is 18.0. The minimum Gasteiger partial charge on any atom is -0.507 e. The SMILES string of the molecule is COC(=O)CSc1nnc(-c2cc(C(C)(C)C)c(O)c(C(C)(C)C)c2)s1. The standard InChI is InChI=1S/C19H26N2O3S2/c1-18(2,3)12-8-11(9-13(15(12)23)19(4,5)6)16-20-21-17(26-16)25-10-14(22)24-7/h8-9,23H,10H2,1-7H3. The first-order valence-corrected chi connectivity index (χ1v) is 10.1. The lowest BCUT2D eigenvalue weighted by Crippen LogP contribution is -2.17. The van der Waals surface area contributed by atoms with Crippen molar-refractivity contribution >= 4 is 29.1 Å². The molecule has 0 aliphatic heterocycles. The van der Waals surface area contributed by atoms with Crippen LogP contribution in [0.4, 0.5) is 0 Å². The summed E-state index contributed by atoms with van der Waals surface area (Å²) >= 11 is 2.75. The highest BCUT2D eigenvalue weighted by atomic mass is 32.2. The van der Waals surface area contributed by atoms with Gasteiger partial charge in [0.05, 0.1) is 12.9 Å². The molecule has 26 heavy (non-hydrogen) atoms. The second-order valence-electron chi connectivity index (χ2n) is 8.16. The monoisotopic (exact) mass is 394 g/mol. The van der Waals surface area contributed by atoms with Crippen molar-refractivity contribution in [2.24, 2.45) is 0 Å². The fraction of sp³-hybridized carbons (Fsp3) is 0.526. The van der Waals surface area contributed by atoms with Crippen LogP contribution in [0.25, 0.3) is 10.6 Å². The van der Waals surface area contributed by atoms with Crippen LogP contribution in [-0.4, -0.2) is 34.1 Å². The summed E-state index contributed by atoms with van der Waals surface area (Å²) in [5.74, 6) is 0.265. The number of hydrogen-bond acceptors (Lipinski definition) is 7. The van der Waals surface area contributed by atoms with Crippen molar-refractivity contribution in [3.05, 3.63) is 23.3 Å². The number of thioether (sulfide) groups is 1. The third-order valence-corrected chi connectivity index (χ3v) is 6.00. The molecule has 0 fully saturated rings. The number of phenolic OH excluding ortho intramolecular Hbond substituents is 1. The molecule has 0 unspecified atom stereocenters. The normalized spacial score (nSPS) is 12.3. The lowest BCUT2D eigenvalue weighted by molar-refractivity contribution is -0.137. The van der Waals surface area contributed by atoms with Gasteiger partial charge in [0.1, 0.15) is 10.8 Å². The van der Waals surface area contributed by atoms with Crippen LogP contribution in [0.3, 0.4) is 0 Å². The van der Waals surface area contributed by atoms with Gasteiger partial charge < -0.3 is 9.84 Å². The first-order chi connectivity index (χ1) is 11.9. The Bertz CT molecular complexity index is 767. The lowest BCUT2D eigenvalue weighted by atomic mass is 9.78. The maximum absolute atomic E-state index is 11.3. The Kier molecular flexibility index (Phi) is 6.02. The molecule has 142 valence electrons. The van der Waals surface area contributed by atoms with Crippen LogP contribution in [0, 0.1) is 0 Å². The highest BCUT2D eigenvalue weighted by Crippen LogP contribution is 2.42. The van der Waals surface area contributed by atoms with Gasteiger partial charge in [-0.2, -0.15) is 0 Å². The fourth-order valence-corrected chi connectivity index (χ4v) is 4.14. The first-order valence-electron chi connectivity index (χ1n) is 8.35. The Morgan fingerprint density at radius 2 is 1.65 bits per heavy atom. The molecular weight excluding hydrogens is 368 g/mol. The van der Waals surface area contributed by atoms with Crippen LogP contribution in [-0.2, 0) is 20.4 Å². The average Bonchev–Trinajstić information content (AvgIpc) is 2.99. The van der Waals surface area contributed by atoms with E-state index < -0.39 is 0 Å². The Hall–Kier alpha value is -1.60. The number of nitrogens with zero attached hydrogens (tertiary/aromatic N) is 2. The minimum atomic E-state index is -0.290. The van der Waals surface area contributed by atoms with Crippen LogP contribution in [0.15, 0.2) is 16.5 Å². The Balaban J connectivity index is 2.47. The predicted molar refractivity (Wildman–Crippen MR) is 107 cm³/mol. The Labute approximate surface area is 163 Å². The van der Waals surface area contributed by atoms with Gasteiger partial charge in [-0.15, -0.1) is 10.2 Å². The van der Waals surface area contributed by atoms with Crippen molar-refractivity contribution < 1.29 is 14.6 Å². The van der Waals surface area contributed by atoms with Crippen LogP contribution in [0.5, 0.6) is 5.75 Å². The van der Waals surface area contributed by atoms with E-state index in [0.29, 0.717) is 10.1 Å². The van der Waals surface area contributed by atoms with Crippen molar-refractivity contribution in [1.82, 2.24) is 10.2 Å². The van der Waals surface area contributed by atoms with Gasteiger partial charge in [0.2, 0.25) is 0 Å². The molecule has 5 nitrogen and oxygen atoms in total. The summed E-state index contributed by atoms with van der Waals surface area (Å²) in [6, 6.07) is 3.97. The molecule has 0 spiro atoms.